The van der Waals surface area contributed by atoms with Crippen LogP contribution in [0.5, 0.6) is 0 Å². The molecule has 3 atom stereocenters. The van der Waals surface area contributed by atoms with Crippen molar-refractivity contribution in [3.05, 3.63) is 70.3 Å². The van der Waals surface area contributed by atoms with E-state index in [9.17, 15) is 28.8 Å². The van der Waals surface area contributed by atoms with Crippen LogP contribution in [0.25, 0.3) is 0 Å². The van der Waals surface area contributed by atoms with E-state index in [1.807, 2.05) is 20.8 Å². The number of amides is 4. The molecule has 3 aromatic rings. The van der Waals surface area contributed by atoms with Gasteiger partial charge in [0.05, 0.1) is 5.69 Å². The van der Waals surface area contributed by atoms with Crippen LogP contribution in [0.3, 0.4) is 0 Å². The van der Waals surface area contributed by atoms with E-state index >= 15 is 0 Å². The average Bonchev–Trinajstić information content (AvgIpc) is 3.59. The number of rotatable bonds is 6. The number of carbonyl (C=O) groups is 6. The van der Waals surface area contributed by atoms with E-state index in [2.05, 4.69) is 15.8 Å². The third-order valence-corrected chi connectivity index (χ3v) is 9.25. The highest BCUT2D eigenvalue weighted by Crippen LogP contribution is 2.30. The monoisotopic (exact) mass is 771 g/mol. The fourth-order valence-electron chi connectivity index (χ4n) is 5.96. The van der Waals surface area contributed by atoms with Gasteiger partial charge in [0.1, 0.15) is 18.1 Å². The van der Waals surface area contributed by atoms with Crippen LogP contribution in [0.2, 0.25) is 10.0 Å². The van der Waals surface area contributed by atoms with Gasteiger partial charge in [0.25, 0.3) is 0 Å². The molecule has 14 nitrogen and oxygen atoms in total. The van der Waals surface area contributed by atoms with Crippen LogP contribution >= 0.6 is 23.2 Å². The van der Waals surface area contributed by atoms with Gasteiger partial charge in [-0.2, -0.15) is 0 Å². The molecule has 4 heterocycles. The van der Waals surface area contributed by atoms with Gasteiger partial charge in [-0.05, 0) is 87.1 Å². The fraction of sp³-hybridized carbons (Fsp3) is 0.432. The maximum Gasteiger partial charge on any atom is 0.326 e. The Balaban J connectivity index is 0.000000198. The van der Waals surface area contributed by atoms with Crippen molar-refractivity contribution >= 4 is 76.0 Å². The molecule has 4 amide bonds. The van der Waals surface area contributed by atoms with E-state index in [-0.39, 0.29) is 34.9 Å². The van der Waals surface area contributed by atoms with Gasteiger partial charge >= 0.3 is 11.9 Å². The van der Waals surface area contributed by atoms with Crippen LogP contribution in [0, 0.1) is 0 Å². The maximum atomic E-state index is 12.8. The molecule has 3 fully saturated rings. The minimum absolute atomic E-state index is 0.0772. The van der Waals surface area contributed by atoms with Gasteiger partial charge in [0, 0.05) is 52.2 Å². The highest BCUT2D eigenvalue weighted by atomic mass is 35.5. The van der Waals surface area contributed by atoms with Gasteiger partial charge in [-0.25, -0.2) is 9.59 Å². The van der Waals surface area contributed by atoms with Gasteiger partial charge < -0.3 is 20.1 Å². The van der Waals surface area contributed by atoms with E-state index in [4.69, 9.17) is 37.9 Å². The number of hydrogen-bond acceptors (Lipinski definition) is 8. The number of anilines is 3. The lowest BCUT2D eigenvalue weighted by Gasteiger charge is -2.34. The first-order chi connectivity index (χ1) is 25.0. The number of aliphatic carboxylic acids is 2. The molecule has 1 aromatic heterocycles. The average molecular weight is 773 g/mol. The predicted octanol–water partition coefficient (Wildman–Crippen LogP) is 6.20. The Hall–Kier alpha value is -4.95. The molecule has 6 rings (SSSR count). The third-order valence-electron chi connectivity index (χ3n) is 8.75. The molecule has 3 saturated heterocycles. The van der Waals surface area contributed by atoms with Crippen LogP contribution < -0.4 is 20.4 Å². The van der Waals surface area contributed by atoms with Crippen molar-refractivity contribution in [3.63, 3.8) is 0 Å². The molecule has 0 bridgehead atoms. The first-order valence-electron chi connectivity index (χ1n) is 17.2. The summed E-state index contributed by atoms with van der Waals surface area (Å²) in [6, 6.07) is 13.3. The number of nitrogens with zero attached hydrogens (tertiary/aromatic N) is 3. The summed E-state index contributed by atoms with van der Waals surface area (Å²) >= 11 is 11.7. The summed E-state index contributed by atoms with van der Waals surface area (Å²) < 4.78 is 5.23. The van der Waals surface area contributed by atoms with Crippen molar-refractivity contribution in [3.8, 4) is 0 Å². The van der Waals surface area contributed by atoms with Crippen LogP contribution in [0.15, 0.2) is 59.1 Å². The quantitative estimate of drug-likeness (QED) is 0.224. The number of halogens is 2. The van der Waals surface area contributed by atoms with Crippen molar-refractivity contribution in [2.45, 2.75) is 102 Å². The minimum atomic E-state index is -0.965. The molecule has 4 N–H and O–H groups in total. The second-order valence-corrected chi connectivity index (χ2v) is 14.7. The SMILES string of the molecule is CC(C)(C)c1cc(NC(=O)[C@@H]2CCCC(=O)N2c2ccc(Cl)cc2)on1.O=C(O)[C@@H]1CCCC(=O)N1c1ccc(Cl)cc1.O=C1CCC[C@@H](C(=O)O)N1. The molecule has 284 valence electrons. The van der Waals surface area contributed by atoms with E-state index in [0.29, 0.717) is 79.2 Å². The molecule has 2 aromatic carbocycles. The Morgan fingerprint density at radius 1 is 0.774 bits per heavy atom. The fourth-order valence-corrected chi connectivity index (χ4v) is 6.21. The Morgan fingerprint density at radius 3 is 1.70 bits per heavy atom. The molecule has 3 aliphatic heterocycles. The first kappa shape index (κ1) is 40.8. The maximum absolute atomic E-state index is 12.8. The standard InChI is InChI=1S/C19H22ClN3O3.C12H12ClNO3.C6H9NO3/c1-19(2,3)15-11-16(26-22-15)21-18(25)14-5-4-6-17(24)23(14)13-9-7-12(20)8-10-13;13-8-4-6-9(7-5-8)14-10(12(16)17)2-1-3-11(14)15;8-5-3-1-2-4(7-5)6(9)10/h7-11,14H,4-6H2,1-3H3,(H,21,25);4-7,10H,1-3H2,(H,16,17);4H,1-3H2,(H,7,8)(H,9,10)/t14-;10-;4-/m000/s1. The van der Waals surface area contributed by atoms with Crippen molar-refractivity contribution in [2.24, 2.45) is 0 Å². The molecule has 0 unspecified atom stereocenters. The number of nitrogens with one attached hydrogen (secondary N) is 2. The highest BCUT2D eigenvalue weighted by Gasteiger charge is 2.36. The minimum Gasteiger partial charge on any atom is -0.480 e. The molecule has 0 aliphatic carbocycles. The smallest absolute Gasteiger partial charge is 0.326 e. The number of carboxylic acid groups (broad SMARTS) is 2. The lowest BCUT2D eigenvalue weighted by atomic mass is 9.92. The van der Waals surface area contributed by atoms with E-state index in [1.54, 1.807) is 54.6 Å². The second kappa shape index (κ2) is 18.2. The molecular formula is C37H43Cl2N5O9. The van der Waals surface area contributed by atoms with Gasteiger partial charge in [-0.15, -0.1) is 0 Å². The van der Waals surface area contributed by atoms with Crippen LogP contribution in [-0.2, 0) is 34.2 Å². The summed E-state index contributed by atoms with van der Waals surface area (Å²) in [5, 5.41) is 27.8. The van der Waals surface area contributed by atoms with Gasteiger partial charge in [-0.1, -0.05) is 49.1 Å². The first-order valence-corrected chi connectivity index (χ1v) is 18.0. The number of piperidine rings is 3. The molecule has 53 heavy (non-hydrogen) atoms. The Morgan fingerprint density at radius 2 is 1.26 bits per heavy atom. The predicted molar refractivity (Wildman–Crippen MR) is 198 cm³/mol. The normalized spacial score (nSPS) is 20.2. The lowest BCUT2D eigenvalue weighted by molar-refractivity contribution is -0.143. The molecule has 0 radical (unpaired) electrons. The number of aromatic nitrogens is 1. The molecule has 0 saturated carbocycles. The Kier molecular flexibility index (Phi) is 14.0. The summed E-state index contributed by atoms with van der Waals surface area (Å²) in [6.45, 7) is 6.04. The van der Waals surface area contributed by atoms with Crippen molar-refractivity contribution < 1.29 is 43.5 Å². The molecular weight excluding hydrogens is 729 g/mol. The topological polar surface area (TPSA) is 199 Å². The summed E-state index contributed by atoms with van der Waals surface area (Å²) in [5.41, 5.74) is 1.82. The third kappa shape index (κ3) is 11.3. The zero-order chi connectivity index (χ0) is 38.9. The second-order valence-electron chi connectivity index (χ2n) is 13.8. The van der Waals surface area contributed by atoms with Crippen molar-refractivity contribution in [1.29, 1.82) is 0 Å². The summed E-state index contributed by atoms with van der Waals surface area (Å²) in [7, 11) is 0. The molecule has 16 heteroatoms. The van der Waals surface area contributed by atoms with E-state index < -0.39 is 30.1 Å². The Labute approximate surface area is 316 Å². The summed E-state index contributed by atoms with van der Waals surface area (Å²) in [5.74, 6) is -2.28. The van der Waals surface area contributed by atoms with Crippen molar-refractivity contribution in [1.82, 2.24) is 10.5 Å². The highest BCUT2D eigenvalue weighted by molar-refractivity contribution is 6.31. The lowest BCUT2D eigenvalue weighted by Crippen LogP contribution is -2.50. The zero-order valence-electron chi connectivity index (χ0n) is 29.6. The van der Waals surface area contributed by atoms with Crippen molar-refractivity contribution in [2.75, 3.05) is 15.1 Å². The van der Waals surface area contributed by atoms with E-state index in [1.165, 1.54) is 9.80 Å². The van der Waals surface area contributed by atoms with Crippen LogP contribution in [-0.4, -0.2) is 69.1 Å². The van der Waals surface area contributed by atoms with Gasteiger partial charge in [-0.3, -0.25) is 34.3 Å². The molecule has 3 aliphatic rings. The zero-order valence-corrected chi connectivity index (χ0v) is 31.2. The summed E-state index contributed by atoms with van der Waals surface area (Å²) in [6.07, 6.45) is 4.89. The van der Waals surface area contributed by atoms with Gasteiger partial charge in [0.2, 0.25) is 29.5 Å². The van der Waals surface area contributed by atoms with E-state index in [0.717, 1.165) is 5.69 Å². The van der Waals surface area contributed by atoms with Crippen LogP contribution in [0.4, 0.5) is 17.3 Å². The summed E-state index contributed by atoms with van der Waals surface area (Å²) in [4.78, 5) is 72.0. The molecule has 0 spiro atoms. The number of benzene rings is 2. The number of hydrogen-bond donors (Lipinski definition) is 4. The Bertz CT molecular complexity index is 1790. The number of carbonyl (C=O) groups excluding carboxylic acids is 4. The number of carboxylic acids is 2. The largest absolute Gasteiger partial charge is 0.480 e. The van der Waals surface area contributed by atoms with Gasteiger partial charge in [0.15, 0.2) is 0 Å². The van der Waals surface area contributed by atoms with Crippen LogP contribution in [0.1, 0.15) is 84.3 Å².